The summed E-state index contributed by atoms with van der Waals surface area (Å²) in [5, 5.41) is 13.6. The Bertz CT molecular complexity index is 232. The van der Waals surface area contributed by atoms with Crippen LogP contribution in [-0.4, -0.2) is 36.5 Å². The van der Waals surface area contributed by atoms with Crippen LogP contribution in [-0.2, 0) is 0 Å². The van der Waals surface area contributed by atoms with Crippen LogP contribution in [0.15, 0.2) is 0 Å². The number of aliphatic hydroxyl groups is 1. The molecule has 0 aromatic carbocycles. The van der Waals surface area contributed by atoms with Crippen molar-refractivity contribution in [2.75, 3.05) is 13.1 Å². The lowest BCUT2D eigenvalue weighted by Gasteiger charge is -2.14. The third-order valence-electron chi connectivity index (χ3n) is 2.05. The Morgan fingerprint density at radius 2 is 1.88 bits per heavy atom. The normalized spacial score (nSPS) is 15.2. The summed E-state index contributed by atoms with van der Waals surface area (Å²) in [6, 6.07) is -0.619. The smallest absolute Gasteiger partial charge is 0.390 e. The number of hydrogen-bond acceptors (Lipinski definition) is 2. The fourth-order valence-electron chi connectivity index (χ4n) is 1.31. The molecule has 2 amide bonds. The second-order valence-corrected chi connectivity index (χ2v) is 4.19. The van der Waals surface area contributed by atoms with Gasteiger partial charge >= 0.3 is 12.2 Å². The molecule has 2 atom stereocenters. The van der Waals surface area contributed by atoms with Gasteiger partial charge in [0.15, 0.2) is 0 Å². The van der Waals surface area contributed by atoms with E-state index in [1.54, 1.807) is 6.92 Å². The maximum atomic E-state index is 11.8. The number of hydrogen-bond donors (Lipinski definition) is 3. The van der Waals surface area contributed by atoms with E-state index in [0.29, 0.717) is 13.0 Å². The van der Waals surface area contributed by atoms with E-state index in [4.69, 9.17) is 5.11 Å². The number of aliphatic hydroxyl groups excluding tert-OH is 1. The zero-order chi connectivity index (χ0) is 13.5. The summed E-state index contributed by atoms with van der Waals surface area (Å²) in [5.41, 5.74) is 0. The van der Waals surface area contributed by atoms with E-state index in [9.17, 15) is 18.0 Å². The molecule has 0 saturated carbocycles. The fraction of sp³-hybridized carbons (Fsp3) is 0.900. The van der Waals surface area contributed by atoms with Crippen LogP contribution >= 0.6 is 0 Å². The molecule has 17 heavy (non-hydrogen) atoms. The number of amides is 2. The van der Waals surface area contributed by atoms with Gasteiger partial charge in [-0.2, -0.15) is 13.2 Å². The van der Waals surface area contributed by atoms with Crippen molar-refractivity contribution in [1.82, 2.24) is 10.6 Å². The zero-order valence-electron chi connectivity index (χ0n) is 9.97. The highest BCUT2D eigenvalue weighted by Crippen LogP contribution is 2.17. The van der Waals surface area contributed by atoms with Crippen molar-refractivity contribution in [3.05, 3.63) is 0 Å². The van der Waals surface area contributed by atoms with Gasteiger partial charge in [0.2, 0.25) is 0 Å². The molecule has 2 unspecified atom stereocenters. The summed E-state index contributed by atoms with van der Waals surface area (Å²) in [5.74, 6) is 0.0726. The van der Waals surface area contributed by atoms with E-state index < -0.39 is 31.3 Å². The Balaban J connectivity index is 3.60. The van der Waals surface area contributed by atoms with Crippen LogP contribution in [0.1, 0.15) is 26.7 Å². The first-order chi connectivity index (χ1) is 7.70. The molecule has 0 aromatic heterocycles. The predicted octanol–water partition coefficient (Wildman–Crippen LogP) is 1.65. The molecule has 0 rings (SSSR count). The van der Waals surface area contributed by atoms with Crippen LogP contribution in [0.25, 0.3) is 0 Å². The SMILES string of the molecule is CC(O)CC(C)CNC(=O)NCCC(F)(F)F. The van der Waals surface area contributed by atoms with Crippen LogP contribution in [0.2, 0.25) is 0 Å². The topological polar surface area (TPSA) is 61.4 Å². The summed E-state index contributed by atoms with van der Waals surface area (Å²) in [6.45, 7) is 3.37. The zero-order valence-corrected chi connectivity index (χ0v) is 9.97. The highest BCUT2D eigenvalue weighted by molar-refractivity contribution is 5.73. The lowest BCUT2D eigenvalue weighted by molar-refractivity contribution is -0.132. The van der Waals surface area contributed by atoms with Crippen LogP contribution in [0.5, 0.6) is 0 Å². The molecule has 0 bridgehead atoms. The molecule has 0 aliphatic carbocycles. The molecule has 3 N–H and O–H groups in total. The molecular weight excluding hydrogens is 237 g/mol. The number of alkyl halides is 3. The molecule has 0 heterocycles. The Kier molecular flexibility index (Phi) is 6.94. The van der Waals surface area contributed by atoms with E-state index in [2.05, 4.69) is 10.6 Å². The van der Waals surface area contributed by atoms with Gasteiger partial charge < -0.3 is 15.7 Å². The van der Waals surface area contributed by atoms with E-state index in [-0.39, 0.29) is 5.92 Å². The molecule has 102 valence electrons. The molecule has 0 aliphatic heterocycles. The van der Waals surface area contributed by atoms with Crippen molar-refractivity contribution < 1.29 is 23.1 Å². The number of rotatable bonds is 6. The number of carbonyl (C=O) groups excluding carboxylic acids is 1. The highest BCUT2D eigenvalue weighted by atomic mass is 19.4. The molecule has 0 fully saturated rings. The van der Waals surface area contributed by atoms with Crippen molar-refractivity contribution >= 4 is 6.03 Å². The summed E-state index contributed by atoms with van der Waals surface area (Å²) < 4.78 is 35.3. The monoisotopic (exact) mass is 256 g/mol. The Morgan fingerprint density at radius 1 is 1.29 bits per heavy atom. The minimum Gasteiger partial charge on any atom is -0.393 e. The van der Waals surface area contributed by atoms with Crippen LogP contribution in [0.4, 0.5) is 18.0 Å². The summed E-state index contributed by atoms with van der Waals surface area (Å²) >= 11 is 0. The van der Waals surface area contributed by atoms with E-state index in [0.717, 1.165) is 0 Å². The lowest BCUT2D eigenvalue weighted by Crippen LogP contribution is -2.39. The van der Waals surface area contributed by atoms with Crippen molar-refractivity contribution in [2.24, 2.45) is 5.92 Å². The molecule has 0 aromatic rings. The maximum absolute atomic E-state index is 11.8. The number of halogens is 3. The van der Waals surface area contributed by atoms with Gasteiger partial charge in [0, 0.05) is 13.1 Å². The minimum absolute atomic E-state index is 0.0726. The Hall–Kier alpha value is -0.980. The molecule has 4 nitrogen and oxygen atoms in total. The lowest BCUT2D eigenvalue weighted by atomic mass is 10.1. The first kappa shape index (κ1) is 16.0. The van der Waals surface area contributed by atoms with Gasteiger partial charge in [0.25, 0.3) is 0 Å². The van der Waals surface area contributed by atoms with Gasteiger partial charge in [-0.25, -0.2) is 4.79 Å². The first-order valence-electron chi connectivity index (χ1n) is 5.47. The molecule has 0 aliphatic rings. The molecule has 0 saturated heterocycles. The summed E-state index contributed by atoms with van der Waals surface area (Å²) in [6.07, 6.45) is -5.22. The van der Waals surface area contributed by atoms with Crippen molar-refractivity contribution in [3.63, 3.8) is 0 Å². The van der Waals surface area contributed by atoms with Crippen LogP contribution < -0.4 is 10.6 Å². The summed E-state index contributed by atoms with van der Waals surface area (Å²) in [4.78, 5) is 11.1. The minimum atomic E-state index is -4.26. The second-order valence-electron chi connectivity index (χ2n) is 4.19. The van der Waals surface area contributed by atoms with Gasteiger partial charge in [0.05, 0.1) is 12.5 Å². The van der Waals surface area contributed by atoms with Gasteiger partial charge in [-0.05, 0) is 19.3 Å². The molecule has 0 radical (unpaired) electrons. The fourth-order valence-corrected chi connectivity index (χ4v) is 1.31. The van der Waals surface area contributed by atoms with E-state index in [1.165, 1.54) is 0 Å². The Labute approximate surface area is 98.6 Å². The van der Waals surface area contributed by atoms with Gasteiger partial charge in [-0.1, -0.05) is 6.92 Å². The predicted molar refractivity (Wildman–Crippen MR) is 57.5 cm³/mol. The van der Waals surface area contributed by atoms with Crippen molar-refractivity contribution in [2.45, 2.75) is 39.0 Å². The second kappa shape index (κ2) is 7.37. The van der Waals surface area contributed by atoms with Crippen LogP contribution in [0, 0.1) is 5.92 Å². The molecule has 0 spiro atoms. The third kappa shape index (κ3) is 11.3. The Morgan fingerprint density at radius 3 is 2.35 bits per heavy atom. The number of urea groups is 1. The third-order valence-corrected chi connectivity index (χ3v) is 2.05. The molecular formula is C10H19F3N2O2. The van der Waals surface area contributed by atoms with Crippen molar-refractivity contribution in [3.8, 4) is 0 Å². The average molecular weight is 256 g/mol. The molecule has 7 heteroatoms. The van der Waals surface area contributed by atoms with Crippen LogP contribution in [0.3, 0.4) is 0 Å². The van der Waals surface area contributed by atoms with Gasteiger partial charge in [-0.3, -0.25) is 0 Å². The van der Waals surface area contributed by atoms with Gasteiger partial charge in [0.1, 0.15) is 0 Å². The summed E-state index contributed by atoms with van der Waals surface area (Å²) in [7, 11) is 0. The van der Waals surface area contributed by atoms with Crippen molar-refractivity contribution in [1.29, 1.82) is 0 Å². The standard InChI is InChI=1S/C10H19F3N2O2/c1-7(5-8(2)16)6-15-9(17)14-4-3-10(11,12)13/h7-8,16H,3-6H2,1-2H3,(H2,14,15,17). The van der Waals surface area contributed by atoms with E-state index in [1.807, 2.05) is 6.92 Å². The number of carbonyl (C=O) groups is 1. The largest absolute Gasteiger partial charge is 0.393 e. The average Bonchev–Trinajstić information content (AvgIpc) is 2.11. The highest BCUT2D eigenvalue weighted by Gasteiger charge is 2.26. The first-order valence-corrected chi connectivity index (χ1v) is 5.47. The quantitative estimate of drug-likeness (QED) is 0.676. The van der Waals surface area contributed by atoms with E-state index >= 15 is 0 Å². The van der Waals surface area contributed by atoms with Gasteiger partial charge in [-0.15, -0.1) is 0 Å². The maximum Gasteiger partial charge on any atom is 0.390 e. The number of nitrogens with one attached hydrogen (secondary N) is 2.